The molecule has 0 fully saturated rings. The number of carboxylic acids is 1. The molecule has 0 saturated carbocycles. The summed E-state index contributed by atoms with van der Waals surface area (Å²) >= 11 is 12.0. The van der Waals surface area contributed by atoms with Crippen LogP contribution in [0.2, 0.25) is 10.0 Å². The van der Waals surface area contributed by atoms with Crippen LogP contribution in [0.3, 0.4) is 0 Å². The van der Waals surface area contributed by atoms with E-state index >= 15 is 0 Å². The van der Waals surface area contributed by atoms with E-state index in [0.717, 1.165) is 11.1 Å². The van der Waals surface area contributed by atoms with Gasteiger partial charge in [0, 0.05) is 21.0 Å². The van der Waals surface area contributed by atoms with Gasteiger partial charge in [-0.2, -0.15) is 0 Å². The van der Waals surface area contributed by atoms with Crippen molar-refractivity contribution in [3.05, 3.63) is 63.6 Å². The smallest absolute Gasteiger partial charge is 0.336 e. The second-order valence-electron chi connectivity index (χ2n) is 4.99. The molecule has 3 rings (SSSR count). The lowest BCUT2D eigenvalue weighted by atomic mass is 10.0. The number of nitrogens with zero attached hydrogens (tertiary/aromatic N) is 1. The van der Waals surface area contributed by atoms with Crippen LogP contribution < -0.4 is 0 Å². The number of hydrogen-bond acceptors (Lipinski definition) is 2. The Hall–Kier alpha value is -2.10. The van der Waals surface area contributed by atoms with Gasteiger partial charge in [0.15, 0.2) is 0 Å². The predicted octanol–water partition coefficient (Wildman–Crippen LogP) is 5.22. The molecule has 0 bridgehead atoms. The molecule has 3 aromatic rings. The van der Waals surface area contributed by atoms with Crippen molar-refractivity contribution in [1.29, 1.82) is 0 Å². The molecule has 0 unspecified atom stereocenters. The van der Waals surface area contributed by atoms with Crippen LogP contribution in [-0.4, -0.2) is 16.1 Å². The summed E-state index contributed by atoms with van der Waals surface area (Å²) in [6.07, 6.45) is 0. The van der Waals surface area contributed by atoms with Crippen LogP contribution >= 0.6 is 23.2 Å². The van der Waals surface area contributed by atoms with Gasteiger partial charge in [0.2, 0.25) is 0 Å². The molecule has 0 aliphatic carbocycles. The first kappa shape index (κ1) is 14.8. The lowest BCUT2D eigenvalue weighted by Crippen LogP contribution is -2.01. The second-order valence-corrected chi connectivity index (χ2v) is 5.86. The summed E-state index contributed by atoms with van der Waals surface area (Å²) in [4.78, 5) is 16.2. The molecular formula is C17H11Cl2NO2. The molecule has 1 N–H and O–H groups in total. The third-order valence-corrected chi connectivity index (χ3v) is 3.87. The summed E-state index contributed by atoms with van der Waals surface area (Å²) in [5.41, 5.74) is 2.96. The van der Waals surface area contributed by atoms with Crippen molar-refractivity contribution < 1.29 is 9.90 Å². The normalized spacial score (nSPS) is 10.9. The fraction of sp³-hybridized carbons (Fsp3) is 0.0588. The van der Waals surface area contributed by atoms with Crippen LogP contribution in [-0.2, 0) is 0 Å². The van der Waals surface area contributed by atoms with E-state index in [1.165, 1.54) is 0 Å². The average molecular weight is 332 g/mol. The van der Waals surface area contributed by atoms with Crippen LogP contribution in [0.4, 0.5) is 0 Å². The van der Waals surface area contributed by atoms with Gasteiger partial charge < -0.3 is 5.11 Å². The molecule has 0 amide bonds. The third-order valence-electron chi connectivity index (χ3n) is 3.42. The molecule has 0 aliphatic heterocycles. The van der Waals surface area contributed by atoms with Crippen LogP contribution in [0.25, 0.3) is 22.2 Å². The fourth-order valence-corrected chi connectivity index (χ4v) is 2.89. The minimum Gasteiger partial charge on any atom is -0.478 e. The first-order valence-electron chi connectivity index (χ1n) is 6.56. The van der Waals surface area contributed by atoms with Crippen LogP contribution in [0.15, 0.2) is 42.5 Å². The van der Waals surface area contributed by atoms with E-state index in [4.69, 9.17) is 23.2 Å². The van der Waals surface area contributed by atoms with Crippen LogP contribution in [0.1, 0.15) is 15.9 Å². The fourth-order valence-electron chi connectivity index (χ4n) is 2.43. The summed E-state index contributed by atoms with van der Waals surface area (Å²) in [5, 5.41) is 11.1. The molecule has 0 saturated heterocycles. The van der Waals surface area contributed by atoms with Gasteiger partial charge in [-0.05, 0) is 42.8 Å². The lowest BCUT2D eigenvalue weighted by Gasteiger charge is -2.10. The number of carboxylic acid groups (broad SMARTS) is 1. The van der Waals surface area contributed by atoms with Crippen molar-refractivity contribution in [1.82, 2.24) is 4.98 Å². The summed E-state index contributed by atoms with van der Waals surface area (Å²) in [6, 6.07) is 12.1. The Balaban J connectivity index is 2.37. The molecule has 22 heavy (non-hydrogen) atoms. The highest BCUT2D eigenvalue weighted by Gasteiger charge is 2.15. The van der Waals surface area contributed by atoms with Crippen molar-refractivity contribution in [3.63, 3.8) is 0 Å². The van der Waals surface area contributed by atoms with E-state index in [1.807, 2.05) is 13.0 Å². The maximum atomic E-state index is 11.6. The van der Waals surface area contributed by atoms with Gasteiger partial charge in [0.1, 0.15) is 0 Å². The molecular weight excluding hydrogens is 321 g/mol. The molecule has 3 nitrogen and oxygen atoms in total. The lowest BCUT2D eigenvalue weighted by molar-refractivity contribution is 0.0699. The van der Waals surface area contributed by atoms with Gasteiger partial charge in [-0.3, -0.25) is 0 Å². The molecule has 0 aliphatic rings. The molecule has 110 valence electrons. The van der Waals surface area contributed by atoms with E-state index in [9.17, 15) is 9.90 Å². The van der Waals surface area contributed by atoms with E-state index in [0.29, 0.717) is 26.6 Å². The highest BCUT2D eigenvalue weighted by Crippen LogP contribution is 2.30. The SMILES string of the molecule is Cc1cc(Cl)cc2c(C(=O)O)cc(-c3cccc(Cl)c3)nc12. The van der Waals surface area contributed by atoms with Crippen LogP contribution in [0.5, 0.6) is 0 Å². The zero-order chi connectivity index (χ0) is 15.9. The number of pyridine rings is 1. The van der Waals surface area contributed by atoms with E-state index in [-0.39, 0.29) is 5.56 Å². The Morgan fingerprint density at radius 2 is 1.86 bits per heavy atom. The number of aryl methyl sites for hydroxylation is 1. The number of hydrogen-bond donors (Lipinski definition) is 1. The number of carbonyl (C=O) groups is 1. The third kappa shape index (κ3) is 2.65. The quantitative estimate of drug-likeness (QED) is 0.700. The zero-order valence-electron chi connectivity index (χ0n) is 11.6. The van der Waals surface area contributed by atoms with Crippen molar-refractivity contribution in [2.24, 2.45) is 0 Å². The highest BCUT2D eigenvalue weighted by atomic mass is 35.5. The minimum absolute atomic E-state index is 0.172. The Bertz CT molecular complexity index is 907. The largest absolute Gasteiger partial charge is 0.478 e. The van der Waals surface area contributed by atoms with E-state index in [1.54, 1.807) is 36.4 Å². The van der Waals surface area contributed by atoms with Crippen LogP contribution in [0, 0.1) is 6.92 Å². The van der Waals surface area contributed by atoms with Gasteiger partial charge in [0.25, 0.3) is 0 Å². The zero-order valence-corrected chi connectivity index (χ0v) is 13.1. The molecule has 1 aromatic heterocycles. The topological polar surface area (TPSA) is 50.2 Å². The molecule has 0 atom stereocenters. The van der Waals surface area contributed by atoms with Gasteiger partial charge >= 0.3 is 5.97 Å². The van der Waals surface area contributed by atoms with Gasteiger partial charge in [0.05, 0.1) is 16.8 Å². The number of aromatic nitrogens is 1. The molecule has 1 heterocycles. The summed E-state index contributed by atoms with van der Waals surface area (Å²) in [6.45, 7) is 1.86. The van der Waals surface area contributed by atoms with E-state index in [2.05, 4.69) is 4.98 Å². The first-order chi connectivity index (χ1) is 10.5. The monoisotopic (exact) mass is 331 g/mol. The average Bonchev–Trinajstić information content (AvgIpc) is 2.46. The Kier molecular flexibility index (Phi) is 3.77. The van der Waals surface area contributed by atoms with Gasteiger partial charge in [-0.15, -0.1) is 0 Å². The first-order valence-corrected chi connectivity index (χ1v) is 7.31. The maximum Gasteiger partial charge on any atom is 0.336 e. The Morgan fingerprint density at radius 3 is 2.55 bits per heavy atom. The summed E-state index contributed by atoms with van der Waals surface area (Å²) in [7, 11) is 0. The number of halogens is 2. The van der Waals surface area contributed by atoms with Crippen molar-refractivity contribution in [3.8, 4) is 11.3 Å². The molecule has 0 radical (unpaired) electrons. The number of rotatable bonds is 2. The number of benzene rings is 2. The van der Waals surface area contributed by atoms with Crippen molar-refractivity contribution in [2.45, 2.75) is 6.92 Å². The van der Waals surface area contributed by atoms with E-state index < -0.39 is 5.97 Å². The Labute approximate surface area is 137 Å². The van der Waals surface area contributed by atoms with Gasteiger partial charge in [-0.1, -0.05) is 35.3 Å². The van der Waals surface area contributed by atoms with Crippen molar-refractivity contribution >= 4 is 40.1 Å². The molecule has 0 spiro atoms. The van der Waals surface area contributed by atoms with Crippen molar-refractivity contribution in [2.75, 3.05) is 0 Å². The number of aromatic carboxylic acids is 1. The second kappa shape index (κ2) is 5.59. The highest BCUT2D eigenvalue weighted by molar-refractivity contribution is 6.32. The number of fused-ring (bicyclic) bond motifs is 1. The Morgan fingerprint density at radius 1 is 1.09 bits per heavy atom. The van der Waals surface area contributed by atoms with Gasteiger partial charge in [-0.25, -0.2) is 9.78 Å². The summed E-state index contributed by atoms with van der Waals surface area (Å²) in [5.74, 6) is -1.02. The minimum atomic E-state index is -1.02. The maximum absolute atomic E-state index is 11.6. The molecule has 2 aromatic carbocycles. The molecule has 5 heteroatoms. The standard InChI is InChI=1S/C17H11Cl2NO2/c1-9-5-12(19)7-13-14(17(21)22)8-15(20-16(9)13)10-3-2-4-11(18)6-10/h2-8H,1H3,(H,21,22). The summed E-state index contributed by atoms with van der Waals surface area (Å²) < 4.78 is 0. The predicted molar refractivity (Wildman–Crippen MR) is 88.9 cm³/mol.